The summed E-state index contributed by atoms with van der Waals surface area (Å²) in [7, 11) is 0. The number of benzene rings is 1. The Hall–Kier alpha value is -3.42. The first-order valence-electron chi connectivity index (χ1n) is 10.8. The van der Waals surface area contributed by atoms with E-state index >= 15 is 0 Å². The molecule has 1 saturated carbocycles. The van der Waals surface area contributed by atoms with Gasteiger partial charge in [-0.15, -0.1) is 5.10 Å². The van der Waals surface area contributed by atoms with Crippen molar-refractivity contribution in [3.05, 3.63) is 59.2 Å². The van der Waals surface area contributed by atoms with Gasteiger partial charge in [-0.05, 0) is 66.4 Å². The third-order valence-corrected chi connectivity index (χ3v) is 6.36. The Labute approximate surface area is 180 Å². The molecule has 8 heteroatoms. The molecule has 1 amide bonds. The van der Waals surface area contributed by atoms with Crippen LogP contribution in [0.25, 0.3) is 16.6 Å². The maximum Gasteiger partial charge on any atom is 0.274 e. The molecular weight excluding hydrogens is 390 g/mol. The minimum atomic E-state index is -0.0918. The highest BCUT2D eigenvalue weighted by Crippen LogP contribution is 2.28. The molecular formula is C23H25N7O. The van der Waals surface area contributed by atoms with Crippen LogP contribution in [0.1, 0.15) is 59.3 Å². The summed E-state index contributed by atoms with van der Waals surface area (Å²) in [6.07, 6.45) is 10.2. The molecule has 0 N–H and O–H groups in total. The van der Waals surface area contributed by atoms with Crippen LogP contribution in [0.2, 0.25) is 0 Å². The number of pyridine rings is 1. The van der Waals surface area contributed by atoms with E-state index in [1.54, 1.807) is 23.1 Å². The van der Waals surface area contributed by atoms with E-state index in [1.807, 2.05) is 4.90 Å². The molecule has 8 nitrogen and oxygen atoms in total. The number of fused-ring (bicyclic) bond motifs is 3. The van der Waals surface area contributed by atoms with Crippen molar-refractivity contribution in [1.82, 2.24) is 34.9 Å². The molecule has 158 valence electrons. The topological polar surface area (TPSA) is 89.2 Å². The number of carbonyl (C=O) groups is 1. The fourth-order valence-electron chi connectivity index (χ4n) is 4.54. The molecule has 3 heterocycles. The van der Waals surface area contributed by atoms with Crippen LogP contribution in [-0.2, 0) is 6.54 Å². The average Bonchev–Trinajstić information content (AvgIpc) is 3.30. The fourth-order valence-corrected chi connectivity index (χ4v) is 4.54. The summed E-state index contributed by atoms with van der Waals surface area (Å²) in [6, 6.07) is 6.56. The number of amides is 1. The minimum absolute atomic E-state index is 0.0918. The SMILES string of the molecule is Cc1cc2cc(CN(C(=O)c3cnccn3)C3CCCCC3)c3nnnn3c2cc1C. The number of nitrogens with zero attached hydrogens (tertiary/aromatic N) is 7. The maximum absolute atomic E-state index is 13.5. The van der Waals surface area contributed by atoms with E-state index in [-0.39, 0.29) is 11.9 Å². The van der Waals surface area contributed by atoms with Crippen molar-refractivity contribution in [2.75, 3.05) is 0 Å². The van der Waals surface area contributed by atoms with Crippen LogP contribution in [0.5, 0.6) is 0 Å². The Balaban J connectivity index is 1.60. The monoisotopic (exact) mass is 415 g/mol. The van der Waals surface area contributed by atoms with Gasteiger partial charge in [0.05, 0.1) is 18.3 Å². The van der Waals surface area contributed by atoms with Crippen LogP contribution in [0.4, 0.5) is 0 Å². The Morgan fingerprint density at radius 1 is 1.10 bits per heavy atom. The predicted octanol–water partition coefficient (Wildman–Crippen LogP) is 3.66. The molecule has 0 radical (unpaired) electrons. The van der Waals surface area contributed by atoms with Gasteiger partial charge in [0.25, 0.3) is 5.91 Å². The highest BCUT2D eigenvalue weighted by Gasteiger charge is 2.28. The second-order valence-electron chi connectivity index (χ2n) is 8.39. The van der Waals surface area contributed by atoms with Crippen molar-refractivity contribution in [2.24, 2.45) is 0 Å². The van der Waals surface area contributed by atoms with Crippen molar-refractivity contribution >= 4 is 22.5 Å². The predicted molar refractivity (Wildman–Crippen MR) is 117 cm³/mol. The molecule has 0 unspecified atom stereocenters. The van der Waals surface area contributed by atoms with Crippen LogP contribution in [0.15, 0.2) is 36.8 Å². The zero-order chi connectivity index (χ0) is 21.4. The quantitative estimate of drug-likeness (QED) is 0.505. The van der Waals surface area contributed by atoms with E-state index in [0.29, 0.717) is 17.9 Å². The highest BCUT2D eigenvalue weighted by molar-refractivity contribution is 5.92. The Bertz CT molecular complexity index is 1250. The van der Waals surface area contributed by atoms with Crippen molar-refractivity contribution in [2.45, 2.75) is 58.5 Å². The summed E-state index contributed by atoms with van der Waals surface area (Å²) >= 11 is 0. The van der Waals surface area contributed by atoms with E-state index in [4.69, 9.17) is 0 Å². The largest absolute Gasteiger partial charge is 0.330 e. The number of hydrogen-bond donors (Lipinski definition) is 0. The number of aromatic nitrogens is 6. The molecule has 0 saturated heterocycles. The molecule has 0 bridgehead atoms. The molecule has 0 aliphatic heterocycles. The van der Waals surface area contributed by atoms with Crippen LogP contribution in [0.3, 0.4) is 0 Å². The van der Waals surface area contributed by atoms with Crippen molar-refractivity contribution in [3.8, 4) is 0 Å². The van der Waals surface area contributed by atoms with Crippen LogP contribution in [0, 0.1) is 13.8 Å². The lowest BCUT2D eigenvalue weighted by atomic mass is 9.93. The second kappa shape index (κ2) is 8.02. The third kappa shape index (κ3) is 3.62. The first-order valence-corrected chi connectivity index (χ1v) is 10.8. The first kappa shape index (κ1) is 19.5. The average molecular weight is 416 g/mol. The normalized spacial score (nSPS) is 14.9. The lowest BCUT2D eigenvalue weighted by Crippen LogP contribution is -2.41. The zero-order valence-electron chi connectivity index (χ0n) is 17.8. The van der Waals surface area contributed by atoms with Gasteiger partial charge in [0, 0.05) is 29.4 Å². The summed E-state index contributed by atoms with van der Waals surface area (Å²) in [5.74, 6) is -0.0918. The van der Waals surface area contributed by atoms with Crippen molar-refractivity contribution in [3.63, 3.8) is 0 Å². The van der Waals surface area contributed by atoms with E-state index in [1.165, 1.54) is 17.5 Å². The first-order chi connectivity index (χ1) is 15.1. The van der Waals surface area contributed by atoms with Gasteiger partial charge in [0.1, 0.15) is 5.69 Å². The van der Waals surface area contributed by atoms with Gasteiger partial charge in [-0.3, -0.25) is 9.78 Å². The Morgan fingerprint density at radius 2 is 1.90 bits per heavy atom. The molecule has 0 atom stereocenters. The van der Waals surface area contributed by atoms with E-state index in [9.17, 15) is 4.79 Å². The van der Waals surface area contributed by atoms with Crippen LogP contribution in [-0.4, -0.2) is 46.9 Å². The molecule has 4 aromatic rings. The van der Waals surface area contributed by atoms with Gasteiger partial charge in [-0.2, -0.15) is 4.52 Å². The Kier molecular flexibility index (Phi) is 5.05. The lowest BCUT2D eigenvalue weighted by Gasteiger charge is -2.34. The fraction of sp³-hybridized carbons (Fsp3) is 0.391. The highest BCUT2D eigenvalue weighted by atomic mass is 16.2. The number of aryl methyl sites for hydroxylation is 2. The van der Waals surface area contributed by atoms with Crippen LogP contribution >= 0.6 is 0 Å². The number of rotatable bonds is 4. The summed E-state index contributed by atoms with van der Waals surface area (Å²) < 4.78 is 1.78. The van der Waals surface area contributed by atoms with E-state index in [0.717, 1.165) is 42.1 Å². The number of tetrazole rings is 1. The third-order valence-electron chi connectivity index (χ3n) is 6.36. The van der Waals surface area contributed by atoms with Gasteiger partial charge in [-0.1, -0.05) is 19.3 Å². The molecule has 3 aromatic heterocycles. The molecule has 1 aromatic carbocycles. The second-order valence-corrected chi connectivity index (χ2v) is 8.39. The minimum Gasteiger partial charge on any atom is -0.330 e. The Morgan fingerprint density at radius 3 is 2.68 bits per heavy atom. The van der Waals surface area contributed by atoms with Crippen molar-refractivity contribution < 1.29 is 4.79 Å². The lowest BCUT2D eigenvalue weighted by molar-refractivity contribution is 0.0608. The summed E-state index contributed by atoms with van der Waals surface area (Å²) in [4.78, 5) is 23.7. The number of hydrogen-bond acceptors (Lipinski definition) is 6. The van der Waals surface area contributed by atoms with Gasteiger partial charge in [0.15, 0.2) is 5.65 Å². The van der Waals surface area contributed by atoms with Gasteiger partial charge in [-0.25, -0.2) is 4.98 Å². The van der Waals surface area contributed by atoms with Gasteiger partial charge < -0.3 is 4.90 Å². The molecule has 31 heavy (non-hydrogen) atoms. The molecule has 1 aliphatic carbocycles. The molecule has 0 spiro atoms. The number of carbonyl (C=O) groups excluding carboxylic acids is 1. The summed E-state index contributed by atoms with van der Waals surface area (Å²) in [5, 5.41) is 13.5. The van der Waals surface area contributed by atoms with E-state index < -0.39 is 0 Å². The summed E-state index contributed by atoms with van der Waals surface area (Å²) in [5.41, 5.74) is 5.36. The molecule has 1 aliphatic rings. The smallest absolute Gasteiger partial charge is 0.274 e. The molecule has 5 rings (SSSR count). The standard InChI is InChI=1S/C23H25N7O/c1-15-10-17-12-18(22-26-27-28-30(22)21(17)11-16(15)2)14-29(19-6-4-3-5-7-19)23(31)20-13-24-8-9-25-20/h8-13,19H,3-7,14H2,1-2H3. The van der Waals surface area contributed by atoms with Crippen molar-refractivity contribution in [1.29, 1.82) is 0 Å². The van der Waals surface area contributed by atoms with Gasteiger partial charge in [0.2, 0.25) is 0 Å². The zero-order valence-corrected chi connectivity index (χ0v) is 17.8. The summed E-state index contributed by atoms with van der Waals surface area (Å²) in [6.45, 7) is 4.63. The molecule has 1 fully saturated rings. The van der Waals surface area contributed by atoms with Crippen LogP contribution < -0.4 is 0 Å². The van der Waals surface area contributed by atoms with E-state index in [2.05, 4.69) is 57.5 Å². The van der Waals surface area contributed by atoms with Gasteiger partial charge >= 0.3 is 0 Å². The maximum atomic E-state index is 13.5.